The van der Waals surface area contributed by atoms with Gasteiger partial charge in [-0.05, 0) is 17.9 Å². The van der Waals surface area contributed by atoms with Crippen molar-refractivity contribution in [2.75, 3.05) is 38.2 Å². The molecule has 16 heavy (non-hydrogen) atoms. The van der Waals surface area contributed by atoms with Crippen LogP contribution in [0.5, 0.6) is 5.88 Å². The number of nitrogens with zero attached hydrogens (tertiary/aromatic N) is 2. The van der Waals surface area contributed by atoms with Crippen molar-refractivity contribution in [2.45, 2.75) is 0 Å². The van der Waals surface area contributed by atoms with Crippen molar-refractivity contribution in [3.63, 3.8) is 0 Å². The zero-order chi connectivity index (χ0) is 11.0. The lowest BCUT2D eigenvalue weighted by molar-refractivity contribution is 0.398. The molecule has 0 bridgehead atoms. The fourth-order valence-electron chi connectivity index (χ4n) is 2.77. The van der Waals surface area contributed by atoms with Crippen LogP contribution in [0.2, 0.25) is 0 Å². The van der Waals surface area contributed by atoms with Gasteiger partial charge in [-0.25, -0.2) is 4.98 Å². The molecule has 2 unspecified atom stereocenters. The quantitative estimate of drug-likeness (QED) is 0.796. The van der Waals surface area contributed by atoms with Crippen molar-refractivity contribution in [2.24, 2.45) is 11.8 Å². The molecule has 3 heterocycles. The third-order valence-electron chi connectivity index (χ3n) is 3.68. The Morgan fingerprint density at radius 3 is 2.81 bits per heavy atom. The van der Waals surface area contributed by atoms with Gasteiger partial charge in [0.15, 0.2) is 0 Å². The first kappa shape index (κ1) is 9.90. The first-order chi connectivity index (χ1) is 7.86. The lowest BCUT2D eigenvalue weighted by Gasteiger charge is -2.19. The van der Waals surface area contributed by atoms with E-state index >= 15 is 0 Å². The van der Waals surface area contributed by atoms with Crippen LogP contribution in [0, 0.1) is 11.8 Å². The molecule has 0 spiro atoms. The Bertz CT molecular complexity index is 370. The molecule has 3 rings (SSSR count). The normalized spacial score (nSPS) is 28.2. The Balaban J connectivity index is 1.78. The number of methoxy groups -OCH3 is 1. The van der Waals surface area contributed by atoms with Crippen molar-refractivity contribution < 1.29 is 4.74 Å². The van der Waals surface area contributed by atoms with Crippen LogP contribution in [0.1, 0.15) is 0 Å². The van der Waals surface area contributed by atoms with Gasteiger partial charge >= 0.3 is 0 Å². The standard InChI is InChI=1S/C12H17N3O/c1-16-12-4-11(2-3-14-12)15-7-9-5-13-6-10(9)8-15/h2-4,9-10,13H,5-8H2,1H3. The van der Waals surface area contributed by atoms with Crippen LogP contribution in [-0.2, 0) is 0 Å². The van der Waals surface area contributed by atoms with E-state index in [0.29, 0.717) is 5.88 Å². The smallest absolute Gasteiger partial charge is 0.214 e. The molecule has 4 heteroatoms. The molecule has 2 fully saturated rings. The average molecular weight is 219 g/mol. The minimum atomic E-state index is 0.702. The van der Waals surface area contributed by atoms with E-state index in [1.807, 2.05) is 12.3 Å². The fraction of sp³-hybridized carbons (Fsp3) is 0.583. The summed E-state index contributed by atoms with van der Waals surface area (Å²) in [4.78, 5) is 6.59. The van der Waals surface area contributed by atoms with E-state index in [1.54, 1.807) is 7.11 Å². The van der Waals surface area contributed by atoms with Gasteiger partial charge in [-0.2, -0.15) is 0 Å². The lowest BCUT2D eigenvalue weighted by atomic mass is 10.0. The topological polar surface area (TPSA) is 37.4 Å². The number of pyridine rings is 1. The van der Waals surface area contributed by atoms with E-state index in [2.05, 4.69) is 21.3 Å². The number of ether oxygens (including phenoxy) is 1. The van der Waals surface area contributed by atoms with Crippen LogP contribution in [0.15, 0.2) is 18.3 Å². The van der Waals surface area contributed by atoms with Gasteiger partial charge in [0, 0.05) is 44.1 Å². The maximum absolute atomic E-state index is 5.16. The molecule has 2 aliphatic heterocycles. The monoisotopic (exact) mass is 219 g/mol. The fourth-order valence-corrected chi connectivity index (χ4v) is 2.77. The van der Waals surface area contributed by atoms with E-state index in [4.69, 9.17) is 4.74 Å². The summed E-state index contributed by atoms with van der Waals surface area (Å²) in [7, 11) is 1.66. The minimum absolute atomic E-state index is 0.702. The number of nitrogens with one attached hydrogen (secondary N) is 1. The third-order valence-corrected chi connectivity index (χ3v) is 3.68. The van der Waals surface area contributed by atoms with E-state index in [9.17, 15) is 0 Å². The number of rotatable bonds is 2. The molecule has 1 N–H and O–H groups in total. The van der Waals surface area contributed by atoms with Crippen molar-refractivity contribution in [3.05, 3.63) is 18.3 Å². The van der Waals surface area contributed by atoms with Gasteiger partial charge in [0.25, 0.3) is 0 Å². The summed E-state index contributed by atoms with van der Waals surface area (Å²) < 4.78 is 5.16. The third kappa shape index (κ3) is 1.63. The summed E-state index contributed by atoms with van der Waals surface area (Å²) in [5.74, 6) is 2.34. The maximum atomic E-state index is 5.16. The number of anilines is 1. The second-order valence-electron chi connectivity index (χ2n) is 4.64. The molecule has 0 radical (unpaired) electrons. The highest BCUT2D eigenvalue weighted by Crippen LogP contribution is 2.31. The van der Waals surface area contributed by atoms with Crippen molar-refractivity contribution >= 4 is 5.69 Å². The van der Waals surface area contributed by atoms with E-state index in [-0.39, 0.29) is 0 Å². The second kappa shape index (κ2) is 3.94. The summed E-state index contributed by atoms with van der Waals surface area (Å²) in [6, 6.07) is 4.09. The Kier molecular flexibility index (Phi) is 2.44. The van der Waals surface area contributed by atoms with Crippen LogP contribution in [0.3, 0.4) is 0 Å². The molecular formula is C12H17N3O. The number of fused-ring (bicyclic) bond motifs is 1. The Hall–Kier alpha value is -1.29. The second-order valence-corrected chi connectivity index (χ2v) is 4.64. The molecule has 1 aromatic rings. The van der Waals surface area contributed by atoms with Crippen molar-refractivity contribution in [1.29, 1.82) is 0 Å². The predicted molar refractivity (Wildman–Crippen MR) is 62.9 cm³/mol. The zero-order valence-corrected chi connectivity index (χ0v) is 9.52. The van der Waals surface area contributed by atoms with Crippen LogP contribution < -0.4 is 15.0 Å². The molecule has 0 aromatic carbocycles. The Morgan fingerprint density at radius 2 is 2.12 bits per heavy atom. The van der Waals surface area contributed by atoms with Crippen LogP contribution >= 0.6 is 0 Å². The van der Waals surface area contributed by atoms with Crippen LogP contribution in [0.4, 0.5) is 5.69 Å². The highest BCUT2D eigenvalue weighted by atomic mass is 16.5. The van der Waals surface area contributed by atoms with Gasteiger partial charge in [0.2, 0.25) is 5.88 Å². The van der Waals surface area contributed by atoms with E-state index in [1.165, 1.54) is 18.8 Å². The van der Waals surface area contributed by atoms with Gasteiger partial charge in [-0.1, -0.05) is 0 Å². The van der Waals surface area contributed by atoms with Gasteiger partial charge in [0.1, 0.15) is 0 Å². The lowest BCUT2D eigenvalue weighted by Crippen LogP contribution is -2.25. The molecule has 0 amide bonds. The minimum Gasteiger partial charge on any atom is -0.481 e. The molecule has 0 saturated carbocycles. The molecule has 4 nitrogen and oxygen atoms in total. The Labute approximate surface area is 95.6 Å². The zero-order valence-electron chi connectivity index (χ0n) is 9.52. The number of hydrogen-bond donors (Lipinski definition) is 1. The van der Waals surface area contributed by atoms with Gasteiger partial charge < -0.3 is 15.0 Å². The summed E-state index contributed by atoms with van der Waals surface area (Å²) in [6.45, 7) is 4.66. The highest BCUT2D eigenvalue weighted by molar-refractivity contribution is 5.49. The Morgan fingerprint density at radius 1 is 1.38 bits per heavy atom. The summed E-state index contributed by atoms with van der Waals surface area (Å²) in [6.07, 6.45) is 1.82. The SMILES string of the molecule is COc1cc(N2CC3CNCC3C2)ccn1. The maximum Gasteiger partial charge on any atom is 0.214 e. The van der Waals surface area contributed by atoms with Crippen LogP contribution in [-0.4, -0.2) is 38.3 Å². The van der Waals surface area contributed by atoms with E-state index in [0.717, 1.165) is 24.9 Å². The number of aromatic nitrogens is 1. The molecule has 1 aromatic heterocycles. The first-order valence-corrected chi connectivity index (χ1v) is 5.82. The van der Waals surface area contributed by atoms with Crippen molar-refractivity contribution in [3.8, 4) is 5.88 Å². The van der Waals surface area contributed by atoms with Gasteiger partial charge in [-0.3, -0.25) is 0 Å². The molecular weight excluding hydrogens is 202 g/mol. The largest absolute Gasteiger partial charge is 0.481 e. The summed E-state index contributed by atoms with van der Waals surface area (Å²) in [5, 5.41) is 3.46. The van der Waals surface area contributed by atoms with Crippen LogP contribution in [0.25, 0.3) is 0 Å². The molecule has 2 atom stereocenters. The van der Waals surface area contributed by atoms with Gasteiger partial charge in [-0.15, -0.1) is 0 Å². The first-order valence-electron chi connectivity index (χ1n) is 5.82. The van der Waals surface area contributed by atoms with E-state index < -0.39 is 0 Å². The predicted octanol–water partition coefficient (Wildman–Crippen LogP) is 0.746. The molecule has 2 aliphatic rings. The molecule has 86 valence electrons. The van der Waals surface area contributed by atoms with Gasteiger partial charge in [0.05, 0.1) is 7.11 Å². The highest BCUT2D eigenvalue weighted by Gasteiger charge is 2.36. The average Bonchev–Trinajstić information content (AvgIpc) is 2.89. The summed E-state index contributed by atoms with van der Waals surface area (Å²) >= 11 is 0. The summed E-state index contributed by atoms with van der Waals surface area (Å²) in [5.41, 5.74) is 1.24. The molecule has 2 saturated heterocycles. The van der Waals surface area contributed by atoms with Crippen molar-refractivity contribution in [1.82, 2.24) is 10.3 Å². The number of hydrogen-bond acceptors (Lipinski definition) is 4. The molecule has 0 aliphatic carbocycles.